The molecule has 3 N–H and O–H groups in total. The highest BCUT2D eigenvalue weighted by Gasteiger charge is 2.16. The topological polar surface area (TPSA) is 65.7 Å². The Bertz CT molecular complexity index is 336. The molecule has 0 saturated heterocycles. The highest BCUT2D eigenvalue weighted by Crippen LogP contribution is 2.09. The summed E-state index contributed by atoms with van der Waals surface area (Å²) in [6.07, 6.45) is 0.965. The minimum Gasteiger partial charge on any atom is -0.379 e. The van der Waals surface area contributed by atoms with E-state index in [2.05, 4.69) is 29.6 Å². The summed E-state index contributed by atoms with van der Waals surface area (Å²) in [6, 6.07) is 10.4. The molecule has 6 heteroatoms. The van der Waals surface area contributed by atoms with E-state index >= 15 is 0 Å². The summed E-state index contributed by atoms with van der Waals surface area (Å²) in [4.78, 5) is 0. The summed E-state index contributed by atoms with van der Waals surface area (Å²) < 4.78 is 16.1. The van der Waals surface area contributed by atoms with Crippen LogP contribution in [0.2, 0.25) is 0 Å². The zero-order valence-corrected chi connectivity index (χ0v) is 13.5. The smallest absolute Gasteiger partial charge is 0.379 e. The van der Waals surface area contributed by atoms with Gasteiger partial charge in [-0.25, -0.2) is 0 Å². The molecule has 0 aliphatic carbocycles. The van der Waals surface area contributed by atoms with Crippen LogP contribution < -0.4 is 11.1 Å². The van der Waals surface area contributed by atoms with E-state index in [0.717, 1.165) is 19.5 Å². The van der Waals surface area contributed by atoms with Gasteiger partial charge in [0.05, 0.1) is 0 Å². The van der Waals surface area contributed by atoms with Gasteiger partial charge in [0.15, 0.2) is 0 Å². The number of benzene rings is 1. The SMILES string of the molecule is CO[SiH](OC)OCC(CNCCN)Cc1ccccc1. The van der Waals surface area contributed by atoms with Gasteiger partial charge < -0.3 is 24.3 Å². The molecule has 0 aliphatic heterocycles. The molecule has 5 nitrogen and oxygen atoms in total. The molecule has 0 spiro atoms. The molecule has 0 heterocycles. The van der Waals surface area contributed by atoms with Gasteiger partial charge >= 0.3 is 9.53 Å². The predicted molar refractivity (Wildman–Crippen MR) is 82.7 cm³/mol. The number of nitrogens with two attached hydrogens (primary N) is 1. The molecular formula is C14H26N2O3Si. The third-order valence-corrected chi connectivity index (χ3v) is 4.21. The third-order valence-electron chi connectivity index (χ3n) is 2.97. The van der Waals surface area contributed by atoms with Crippen LogP contribution in [0.3, 0.4) is 0 Å². The van der Waals surface area contributed by atoms with E-state index < -0.39 is 9.53 Å². The zero-order chi connectivity index (χ0) is 14.6. The Morgan fingerprint density at radius 3 is 2.50 bits per heavy atom. The van der Waals surface area contributed by atoms with Gasteiger partial charge in [-0.1, -0.05) is 30.3 Å². The monoisotopic (exact) mass is 298 g/mol. The van der Waals surface area contributed by atoms with Crippen molar-refractivity contribution in [2.75, 3.05) is 40.5 Å². The van der Waals surface area contributed by atoms with E-state index in [9.17, 15) is 0 Å². The molecule has 0 saturated carbocycles. The van der Waals surface area contributed by atoms with Crippen LogP contribution in [0.1, 0.15) is 5.56 Å². The Morgan fingerprint density at radius 1 is 1.20 bits per heavy atom. The van der Waals surface area contributed by atoms with E-state index in [1.807, 2.05) is 6.07 Å². The first-order valence-corrected chi connectivity index (χ1v) is 8.33. The average molecular weight is 298 g/mol. The number of hydrogen-bond acceptors (Lipinski definition) is 5. The fourth-order valence-electron chi connectivity index (χ4n) is 1.99. The maximum atomic E-state index is 5.73. The molecule has 0 aromatic heterocycles. The Balaban J connectivity index is 2.46. The predicted octanol–water partition coefficient (Wildman–Crippen LogP) is 0.420. The van der Waals surface area contributed by atoms with Crippen LogP contribution in [-0.4, -0.2) is 50.0 Å². The van der Waals surface area contributed by atoms with Crippen LogP contribution in [0, 0.1) is 5.92 Å². The van der Waals surface area contributed by atoms with Crippen molar-refractivity contribution >= 4 is 9.53 Å². The highest BCUT2D eigenvalue weighted by atomic mass is 28.3. The van der Waals surface area contributed by atoms with Crippen LogP contribution in [0.5, 0.6) is 0 Å². The summed E-state index contributed by atoms with van der Waals surface area (Å²) in [5, 5.41) is 3.34. The minimum absolute atomic E-state index is 0.379. The quantitative estimate of drug-likeness (QED) is 0.458. The Morgan fingerprint density at radius 2 is 1.90 bits per heavy atom. The van der Waals surface area contributed by atoms with Crippen molar-refractivity contribution in [3.8, 4) is 0 Å². The second-order valence-electron chi connectivity index (χ2n) is 4.64. The molecule has 0 amide bonds. The largest absolute Gasteiger partial charge is 0.483 e. The fourth-order valence-corrected chi connectivity index (χ4v) is 2.89. The molecule has 0 radical (unpaired) electrons. The van der Waals surface area contributed by atoms with Crippen molar-refractivity contribution < 1.29 is 13.3 Å². The number of nitrogens with one attached hydrogen (secondary N) is 1. The first-order valence-electron chi connectivity index (χ1n) is 6.92. The standard InChI is InChI=1S/C14H26N2O3Si/c1-17-20(18-2)19-12-14(11-16-9-8-15)10-13-6-4-3-5-7-13/h3-7,14,16,20H,8-12,15H2,1-2H3. The molecule has 20 heavy (non-hydrogen) atoms. The van der Waals surface area contributed by atoms with Crippen molar-refractivity contribution in [3.63, 3.8) is 0 Å². The number of rotatable bonds is 11. The van der Waals surface area contributed by atoms with Crippen LogP contribution in [0.4, 0.5) is 0 Å². The van der Waals surface area contributed by atoms with Gasteiger partial charge in [-0.2, -0.15) is 0 Å². The molecular weight excluding hydrogens is 272 g/mol. The van der Waals surface area contributed by atoms with E-state index in [1.165, 1.54) is 5.56 Å². The van der Waals surface area contributed by atoms with E-state index in [1.54, 1.807) is 14.2 Å². The summed E-state index contributed by atoms with van der Waals surface area (Å²) in [5.41, 5.74) is 6.81. The van der Waals surface area contributed by atoms with Gasteiger partial charge in [0.25, 0.3) is 0 Å². The maximum Gasteiger partial charge on any atom is 0.483 e. The number of hydrogen-bond donors (Lipinski definition) is 2. The van der Waals surface area contributed by atoms with E-state index in [0.29, 0.717) is 19.1 Å². The van der Waals surface area contributed by atoms with Crippen molar-refractivity contribution in [3.05, 3.63) is 35.9 Å². The lowest BCUT2D eigenvalue weighted by Gasteiger charge is -2.20. The molecule has 0 aliphatic rings. The zero-order valence-electron chi connectivity index (χ0n) is 12.4. The van der Waals surface area contributed by atoms with Gasteiger partial charge in [-0.15, -0.1) is 0 Å². The molecule has 1 aromatic rings. The molecule has 1 unspecified atom stereocenters. The Hall–Kier alpha value is -0.763. The first kappa shape index (κ1) is 17.3. The van der Waals surface area contributed by atoms with Gasteiger partial charge in [0.1, 0.15) is 0 Å². The van der Waals surface area contributed by atoms with Crippen LogP contribution in [-0.2, 0) is 19.7 Å². The summed E-state index contributed by atoms with van der Waals surface area (Å²) in [6.45, 7) is 2.97. The van der Waals surface area contributed by atoms with Crippen LogP contribution in [0.25, 0.3) is 0 Å². The van der Waals surface area contributed by atoms with Crippen molar-refractivity contribution in [1.29, 1.82) is 0 Å². The van der Waals surface area contributed by atoms with Crippen LogP contribution in [0.15, 0.2) is 30.3 Å². The lowest BCUT2D eigenvalue weighted by molar-refractivity contribution is 0.115. The summed E-state index contributed by atoms with van der Waals surface area (Å²) >= 11 is 0. The minimum atomic E-state index is -1.95. The maximum absolute atomic E-state index is 5.73. The van der Waals surface area contributed by atoms with Gasteiger partial charge in [0.2, 0.25) is 0 Å². The van der Waals surface area contributed by atoms with Gasteiger partial charge in [-0.05, 0) is 17.9 Å². The summed E-state index contributed by atoms with van der Waals surface area (Å²) in [7, 11) is 1.30. The molecule has 0 bridgehead atoms. The molecule has 0 fully saturated rings. The lowest BCUT2D eigenvalue weighted by atomic mass is 10.0. The fraction of sp³-hybridized carbons (Fsp3) is 0.571. The van der Waals surface area contributed by atoms with E-state index in [-0.39, 0.29) is 0 Å². The van der Waals surface area contributed by atoms with Crippen molar-refractivity contribution in [2.45, 2.75) is 6.42 Å². The lowest BCUT2D eigenvalue weighted by Crippen LogP contribution is -2.34. The van der Waals surface area contributed by atoms with Crippen molar-refractivity contribution in [2.24, 2.45) is 11.7 Å². The van der Waals surface area contributed by atoms with Crippen molar-refractivity contribution in [1.82, 2.24) is 5.32 Å². The Kier molecular flexibility index (Phi) is 9.47. The normalized spacial score (nSPS) is 12.8. The average Bonchev–Trinajstić information content (AvgIpc) is 2.49. The second-order valence-corrected chi connectivity index (χ2v) is 6.50. The molecule has 1 atom stereocenters. The second kappa shape index (κ2) is 11.0. The summed E-state index contributed by atoms with van der Waals surface area (Å²) in [5.74, 6) is 0.379. The first-order chi connectivity index (χ1) is 9.80. The van der Waals surface area contributed by atoms with Gasteiger partial charge in [-0.3, -0.25) is 0 Å². The molecule has 1 rings (SSSR count). The highest BCUT2D eigenvalue weighted by molar-refractivity contribution is 6.36. The van der Waals surface area contributed by atoms with Gasteiger partial charge in [0, 0.05) is 40.5 Å². The Labute approximate surface area is 123 Å². The molecule has 114 valence electrons. The third kappa shape index (κ3) is 7.13. The van der Waals surface area contributed by atoms with E-state index in [4.69, 9.17) is 19.0 Å². The van der Waals surface area contributed by atoms with Crippen LogP contribution >= 0.6 is 0 Å². The molecule has 1 aromatic carbocycles.